The average Bonchev–Trinajstić information content (AvgIpc) is 3.42. The van der Waals surface area contributed by atoms with E-state index >= 15 is 0 Å². The molecule has 148 valence electrons. The van der Waals surface area contributed by atoms with Gasteiger partial charge in [0.25, 0.3) is 5.91 Å². The Balaban J connectivity index is 1.59. The van der Waals surface area contributed by atoms with Gasteiger partial charge in [0, 0.05) is 45.2 Å². The van der Waals surface area contributed by atoms with E-state index in [1.165, 1.54) is 6.20 Å². The fourth-order valence-electron chi connectivity index (χ4n) is 3.69. The molecule has 4 rings (SSSR count). The number of hydrogen-bond donors (Lipinski definition) is 0. The van der Waals surface area contributed by atoms with Crippen molar-refractivity contribution in [3.05, 3.63) is 47.0 Å². The summed E-state index contributed by atoms with van der Waals surface area (Å²) in [7, 11) is 0. The van der Waals surface area contributed by atoms with Gasteiger partial charge in [0.1, 0.15) is 0 Å². The molecule has 2 aliphatic rings. The van der Waals surface area contributed by atoms with Crippen LogP contribution in [0.15, 0.2) is 30.7 Å². The summed E-state index contributed by atoms with van der Waals surface area (Å²) >= 11 is 6.33. The lowest BCUT2D eigenvalue weighted by Gasteiger charge is -2.26. The van der Waals surface area contributed by atoms with Crippen LogP contribution in [0.25, 0.3) is 0 Å². The first-order valence-electron chi connectivity index (χ1n) is 9.78. The van der Waals surface area contributed by atoms with Crippen LogP contribution >= 0.6 is 11.6 Å². The maximum absolute atomic E-state index is 13.4. The normalized spacial score (nSPS) is 19.2. The van der Waals surface area contributed by atoms with E-state index in [1.54, 1.807) is 17.3 Å². The summed E-state index contributed by atoms with van der Waals surface area (Å²) in [4.78, 5) is 30.2. The van der Waals surface area contributed by atoms with Gasteiger partial charge in [0.05, 0.1) is 17.3 Å². The number of anilines is 1. The quantitative estimate of drug-likeness (QED) is 0.741. The molecule has 0 bridgehead atoms. The van der Waals surface area contributed by atoms with Gasteiger partial charge in [0.2, 0.25) is 5.95 Å². The third-order valence-corrected chi connectivity index (χ3v) is 5.43. The van der Waals surface area contributed by atoms with Crippen molar-refractivity contribution in [1.82, 2.24) is 19.9 Å². The molecule has 8 heteroatoms. The fraction of sp³-hybridized carbons (Fsp3) is 0.500. The number of halogens is 1. The zero-order valence-corrected chi connectivity index (χ0v) is 16.5. The first-order chi connectivity index (χ1) is 13.7. The second-order valence-electron chi connectivity index (χ2n) is 7.24. The third-order valence-electron chi connectivity index (χ3n) is 5.15. The summed E-state index contributed by atoms with van der Waals surface area (Å²) in [5, 5.41) is 0.275. The van der Waals surface area contributed by atoms with E-state index < -0.39 is 0 Å². The molecule has 2 aromatic heterocycles. The van der Waals surface area contributed by atoms with Crippen LogP contribution in [0.4, 0.5) is 5.95 Å². The number of ether oxygens (including phenoxy) is 1. The number of carbonyl (C=O) groups excluding carboxylic acids is 1. The number of pyridine rings is 1. The number of hydrogen-bond acceptors (Lipinski definition) is 6. The van der Waals surface area contributed by atoms with Crippen molar-refractivity contribution in [2.45, 2.75) is 38.3 Å². The monoisotopic (exact) mass is 401 g/mol. The van der Waals surface area contributed by atoms with Gasteiger partial charge in [-0.1, -0.05) is 17.7 Å². The van der Waals surface area contributed by atoms with Crippen molar-refractivity contribution in [1.29, 1.82) is 0 Å². The highest BCUT2D eigenvalue weighted by molar-refractivity contribution is 6.33. The van der Waals surface area contributed by atoms with Crippen LogP contribution < -0.4 is 4.90 Å². The van der Waals surface area contributed by atoms with Gasteiger partial charge in [0.15, 0.2) is 5.69 Å². The van der Waals surface area contributed by atoms with E-state index in [-0.39, 0.29) is 22.7 Å². The minimum absolute atomic E-state index is 0.0410. The molecular weight excluding hydrogens is 378 g/mol. The van der Waals surface area contributed by atoms with Gasteiger partial charge in [-0.15, -0.1) is 0 Å². The maximum Gasteiger partial charge on any atom is 0.274 e. The SMILES string of the molecule is O=C(c1nc(N2CCCC2)ncc1Cl)N(Cc1cccnc1)CC1CCCO1. The molecule has 0 aromatic carbocycles. The zero-order chi connectivity index (χ0) is 19.3. The molecule has 1 unspecified atom stereocenters. The van der Waals surface area contributed by atoms with Crippen molar-refractivity contribution in [2.75, 3.05) is 31.1 Å². The van der Waals surface area contributed by atoms with E-state index in [1.807, 2.05) is 12.1 Å². The van der Waals surface area contributed by atoms with E-state index in [9.17, 15) is 4.79 Å². The summed E-state index contributed by atoms with van der Waals surface area (Å²) < 4.78 is 5.76. The molecule has 7 nitrogen and oxygen atoms in total. The second-order valence-corrected chi connectivity index (χ2v) is 7.65. The fourth-order valence-corrected chi connectivity index (χ4v) is 3.86. The molecule has 2 aromatic rings. The van der Waals surface area contributed by atoms with Gasteiger partial charge < -0.3 is 14.5 Å². The summed E-state index contributed by atoms with van der Waals surface area (Å²) in [6.07, 6.45) is 9.26. The summed E-state index contributed by atoms with van der Waals surface area (Å²) in [5.41, 5.74) is 1.21. The van der Waals surface area contributed by atoms with Crippen LogP contribution in [-0.2, 0) is 11.3 Å². The molecule has 0 saturated carbocycles. The molecule has 0 spiro atoms. The molecule has 0 radical (unpaired) electrons. The number of carbonyl (C=O) groups is 1. The van der Waals surface area contributed by atoms with Crippen LogP contribution in [0.3, 0.4) is 0 Å². The van der Waals surface area contributed by atoms with Crippen LogP contribution in [0, 0.1) is 0 Å². The molecule has 2 fully saturated rings. The highest BCUT2D eigenvalue weighted by Gasteiger charge is 2.27. The molecule has 0 N–H and O–H groups in total. The van der Waals surface area contributed by atoms with Gasteiger partial charge >= 0.3 is 0 Å². The van der Waals surface area contributed by atoms with E-state index in [4.69, 9.17) is 16.3 Å². The Morgan fingerprint density at radius 1 is 1.29 bits per heavy atom. The third kappa shape index (κ3) is 4.42. The Hall–Kier alpha value is -2.25. The first-order valence-corrected chi connectivity index (χ1v) is 10.2. The molecule has 1 atom stereocenters. The predicted molar refractivity (Wildman–Crippen MR) is 106 cm³/mol. The van der Waals surface area contributed by atoms with Crippen LogP contribution in [0.1, 0.15) is 41.7 Å². The lowest BCUT2D eigenvalue weighted by atomic mass is 10.2. The Kier molecular flexibility index (Phi) is 6.02. The highest BCUT2D eigenvalue weighted by Crippen LogP contribution is 2.23. The van der Waals surface area contributed by atoms with Crippen LogP contribution in [0.2, 0.25) is 5.02 Å². The Morgan fingerprint density at radius 3 is 2.86 bits per heavy atom. The Bertz CT molecular complexity index is 807. The van der Waals surface area contributed by atoms with Crippen molar-refractivity contribution < 1.29 is 9.53 Å². The van der Waals surface area contributed by atoms with Crippen molar-refractivity contribution in [2.24, 2.45) is 0 Å². The van der Waals surface area contributed by atoms with Crippen molar-refractivity contribution in [3.8, 4) is 0 Å². The van der Waals surface area contributed by atoms with Crippen LogP contribution in [-0.4, -0.2) is 58.1 Å². The van der Waals surface area contributed by atoms with Crippen LogP contribution in [0.5, 0.6) is 0 Å². The predicted octanol–water partition coefficient (Wildman–Crippen LogP) is 2.95. The molecule has 28 heavy (non-hydrogen) atoms. The topological polar surface area (TPSA) is 71.5 Å². The molecule has 2 saturated heterocycles. The molecule has 2 aliphatic heterocycles. The van der Waals surface area contributed by atoms with Crippen molar-refractivity contribution >= 4 is 23.5 Å². The van der Waals surface area contributed by atoms with Gasteiger partial charge in [-0.05, 0) is 37.3 Å². The second kappa shape index (κ2) is 8.84. The summed E-state index contributed by atoms with van der Waals surface area (Å²) in [6.45, 7) is 3.50. The zero-order valence-electron chi connectivity index (χ0n) is 15.8. The Labute approximate surface area is 169 Å². The minimum Gasteiger partial charge on any atom is -0.376 e. The average molecular weight is 402 g/mol. The van der Waals surface area contributed by atoms with Gasteiger partial charge in [-0.25, -0.2) is 9.97 Å². The van der Waals surface area contributed by atoms with Crippen molar-refractivity contribution in [3.63, 3.8) is 0 Å². The lowest BCUT2D eigenvalue weighted by molar-refractivity contribution is 0.0502. The summed E-state index contributed by atoms with van der Waals surface area (Å²) in [5.74, 6) is 0.371. The first kappa shape index (κ1) is 19.1. The number of nitrogens with zero attached hydrogens (tertiary/aromatic N) is 5. The van der Waals surface area contributed by atoms with Gasteiger partial charge in [-0.3, -0.25) is 9.78 Å². The Morgan fingerprint density at radius 2 is 2.14 bits per heavy atom. The smallest absolute Gasteiger partial charge is 0.274 e. The maximum atomic E-state index is 13.4. The lowest BCUT2D eigenvalue weighted by Crippen LogP contribution is -2.38. The summed E-state index contributed by atoms with van der Waals surface area (Å²) in [6, 6.07) is 3.83. The number of aromatic nitrogens is 3. The van der Waals surface area contributed by atoms with Gasteiger partial charge in [-0.2, -0.15) is 0 Å². The minimum atomic E-state index is -0.202. The number of amides is 1. The van der Waals surface area contributed by atoms with E-state index in [0.717, 1.165) is 50.9 Å². The molecule has 0 aliphatic carbocycles. The number of rotatable bonds is 6. The van der Waals surface area contributed by atoms with E-state index in [2.05, 4.69) is 19.9 Å². The molecule has 4 heterocycles. The largest absolute Gasteiger partial charge is 0.376 e. The van der Waals surface area contributed by atoms with E-state index in [0.29, 0.717) is 19.0 Å². The highest BCUT2D eigenvalue weighted by atomic mass is 35.5. The molecule has 1 amide bonds. The standard InChI is InChI=1S/C20H24ClN5O2/c21-17-12-23-20(25-8-1-2-9-25)24-18(17)19(27)26(14-16-6-4-10-28-16)13-15-5-3-7-22-11-15/h3,5,7,11-12,16H,1-2,4,6,8-10,13-14H2. The molecular formula is C20H24ClN5O2.